The van der Waals surface area contributed by atoms with Gasteiger partial charge in [-0.15, -0.1) is 11.3 Å². The molecule has 2 N–H and O–H groups in total. The summed E-state index contributed by atoms with van der Waals surface area (Å²) in [5.41, 5.74) is 4.16. The molecular weight excluding hydrogens is 410 g/mol. The Morgan fingerprint density at radius 3 is 2.58 bits per heavy atom. The van der Waals surface area contributed by atoms with E-state index in [-0.39, 0.29) is 18.4 Å². The topological polar surface area (TPSA) is 72.4 Å². The first-order valence-corrected chi connectivity index (χ1v) is 11.5. The van der Waals surface area contributed by atoms with Crippen molar-refractivity contribution in [3.63, 3.8) is 0 Å². The fourth-order valence-electron chi connectivity index (χ4n) is 3.91. The first kappa shape index (κ1) is 21.2. The Hall–Kier alpha value is -3.06. The molecule has 0 radical (unpaired) electrons. The van der Waals surface area contributed by atoms with Crippen LogP contribution in [0.25, 0.3) is 5.00 Å². The lowest BCUT2D eigenvalue weighted by Crippen LogP contribution is -2.28. The van der Waals surface area contributed by atoms with Gasteiger partial charge in [-0.1, -0.05) is 12.1 Å². The predicted molar refractivity (Wildman–Crippen MR) is 123 cm³/mol. The monoisotopic (exact) mass is 437 g/mol. The number of esters is 1. The highest BCUT2D eigenvalue weighted by molar-refractivity contribution is 7.14. The molecule has 6 nitrogen and oxygen atoms in total. The van der Waals surface area contributed by atoms with E-state index in [2.05, 4.69) is 27.6 Å². The normalized spacial score (nSPS) is 12.8. The van der Waals surface area contributed by atoms with Crippen LogP contribution in [-0.2, 0) is 35.3 Å². The molecule has 0 saturated heterocycles. The Morgan fingerprint density at radius 2 is 1.84 bits per heavy atom. The predicted octanol–water partition coefficient (Wildman–Crippen LogP) is 4.84. The average molecular weight is 438 g/mol. The molecule has 162 valence electrons. The van der Waals surface area contributed by atoms with Crippen LogP contribution in [0.4, 0.5) is 10.5 Å². The number of urea groups is 1. The number of nitrogens with one attached hydrogen (secondary N) is 2. The van der Waals surface area contributed by atoms with Crippen LogP contribution in [0.15, 0.2) is 48.8 Å². The van der Waals surface area contributed by atoms with Gasteiger partial charge in [0.25, 0.3) is 0 Å². The van der Waals surface area contributed by atoms with E-state index in [1.54, 1.807) is 19.1 Å². The number of rotatable bonds is 7. The second-order valence-corrected chi connectivity index (χ2v) is 8.65. The highest BCUT2D eigenvalue weighted by atomic mass is 32.1. The van der Waals surface area contributed by atoms with Crippen molar-refractivity contribution in [2.75, 3.05) is 11.9 Å². The third-order valence-electron chi connectivity index (χ3n) is 5.39. The summed E-state index contributed by atoms with van der Waals surface area (Å²) in [6.45, 7) is 2.65. The first-order chi connectivity index (χ1) is 15.1. The summed E-state index contributed by atoms with van der Waals surface area (Å²) >= 11 is 1.84. The fourth-order valence-corrected chi connectivity index (χ4v) is 5.28. The van der Waals surface area contributed by atoms with Crippen molar-refractivity contribution >= 4 is 29.0 Å². The van der Waals surface area contributed by atoms with Crippen LogP contribution in [0, 0.1) is 0 Å². The molecule has 2 amide bonds. The zero-order valence-corrected chi connectivity index (χ0v) is 18.5. The smallest absolute Gasteiger partial charge is 0.319 e. The summed E-state index contributed by atoms with van der Waals surface area (Å²) in [5.74, 6) is -0.251. The number of fused-ring (bicyclic) bond motifs is 1. The summed E-state index contributed by atoms with van der Waals surface area (Å²) in [5, 5.41) is 7.09. The number of anilines is 1. The van der Waals surface area contributed by atoms with E-state index in [1.165, 1.54) is 33.8 Å². The van der Waals surface area contributed by atoms with Gasteiger partial charge in [-0.3, -0.25) is 4.79 Å². The largest absolute Gasteiger partial charge is 0.466 e. The fraction of sp³-hybridized carbons (Fsp3) is 0.333. The quantitative estimate of drug-likeness (QED) is 0.519. The lowest BCUT2D eigenvalue weighted by molar-refractivity contribution is -0.142. The molecule has 0 spiro atoms. The summed E-state index contributed by atoms with van der Waals surface area (Å²) in [7, 11) is 0. The van der Waals surface area contributed by atoms with Crippen molar-refractivity contribution < 1.29 is 14.3 Å². The summed E-state index contributed by atoms with van der Waals surface area (Å²) in [6, 6.07) is 11.0. The molecule has 4 rings (SSSR count). The van der Waals surface area contributed by atoms with Crippen molar-refractivity contribution in [1.82, 2.24) is 9.88 Å². The van der Waals surface area contributed by atoms with Crippen LogP contribution in [-0.4, -0.2) is 23.2 Å². The number of amides is 2. The highest BCUT2D eigenvalue weighted by Gasteiger charge is 2.21. The SMILES string of the molecule is CCOC(=O)Cc1ccc(NC(=O)NCc2c(-n3cccc3)sc3c2CCCC3)cc1. The third kappa shape index (κ3) is 5.17. The average Bonchev–Trinajstić information content (AvgIpc) is 3.41. The van der Waals surface area contributed by atoms with Gasteiger partial charge in [-0.25, -0.2) is 4.79 Å². The van der Waals surface area contributed by atoms with E-state index in [0.29, 0.717) is 18.8 Å². The lowest BCUT2D eigenvalue weighted by Gasteiger charge is -2.14. The number of carbonyl (C=O) groups excluding carboxylic acids is 2. The zero-order chi connectivity index (χ0) is 21.6. The van der Waals surface area contributed by atoms with Gasteiger partial charge in [0.2, 0.25) is 0 Å². The molecule has 2 heterocycles. The molecule has 0 bridgehead atoms. The standard InChI is InChI=1S/C24H27N3O3S/c1-2-30-22(28)15-17-9-11-18(12-10-17)26-24(29)25-16-20-19-7-3-4-8-21(19)31-23(20)27-13-5-6-14-27/h5-6,9-14H,2-4,7-8,15-16H2,1H3,(H2,25,26,29). The van der Waals surface area contributed by atoms with Crippen LogP contribution in [0.5, 0.6) is 0 Å². The molecule has 0 fully saturated rings. The zero-order valence-electron chi connectivity index (χ0n) is 17.6. The number of aryl methyl sites for hydroxylation is 1. The number of ether oxygens (including phenoxy) is 1. The van der Waals surface area contributed by atoms with Gasteiger partial charge in [-0.2, -0.15) is 0 Å². The number of nitrogens with zero attached hydrogens (tertiary/aromatic N) is 1. The lowest BCUT2D eigenvalue weighted by atomic mass is 9.95. The maximum absolute atomic E-state index is 12.5. The molecule has 3 aromatic rings. The first-order valence-electron chi connectivity index (χ1n) is 10.7. The number of aromatic nitrogens is 1. The molecule has 2 aromatic heterocycles. The second kappa shape index (κ2) is 9.83. The van der Waals surface area contributed by atoms with E-state index in [9.17, 15) is 9.59 Å². The van der Waals surface area contributed by atoms with Crippen LogP contribution >= 0.6 is 11.3 Å². The molecule has 1 aliphatic carbocycles. The Kier molecular flexibility index (Phi) is 6.72. The Bertz CT molecular complexity index is 1040. The van der Waals surface area contributed by atoms with Gasteiger partial charge in [0.15, 0.2) is 0 Å². The number of thiophene rings is 1. The van der Waals surface area contributed by atoms with Crippen LogP contribution in [0.2, 0.25) is 0 Å². The highest BCUT2D eigenvalue weighted by Crippen LogP contribution is 2.36. The summed E-state index contributed by atoms with van der Waals surface area (Å²) in [6.07, 6.45) is 8.97. The molecule has 0 saturated carbocycles. The minimum atomic E-state index is -0.251. The molecule has 0 atom stereocenters. The van der Waals surface area contributed by atoms with E-state index in [0.717, 1.165) is 18.4 Å². The molecule has 1 aromatic carbocycles. The maximum Gasteiger partial charge on any atom is 0.319 e. The van der Waals surface area contributed by atoms with Gasteiger partial charge >= 0.3 is 12.0 Å². The molecule has 31 heavy (non-hydrogen) atoms. The minimum Gasteiger partial charge on any atom is -0.466 e. The van der Waals surface area contributed by atoms with Crippen molar-refractivity contribution in [1.29, 1.82) is 0 Å². The Labute approximate surface area is 186 Å². The van der Waals surface area contributed by atoms with E-state index >= 15 is 0 Å². The van der Waals surface area contributed by atoms with Gasteiger partial charge < -0.3 is 19.9 Å². The minimum absolute atomic E-state index is 0.228. The van der Waals surface area contributed by atoms with Crippen LogP contribution in [0.3, 0.4) is 0 Å². The van der Waals surface area contributed by atoms with Gasteiger partial charge in [0, 0.05) is 35.1 Å². The molecule has 0 aliphatic heterocycles. The van der Waals surface area contributed by atoms with Crippen LogP contribution in [0.1, 0.15) is 41.3 Å². The molecule has 0 unspecified atom stereocenters. The maximum atomic E-state index is 12.5. The summed E-state index contributed by atoms with van der Waals surface area (Å²) in [4.78, 5) is 25.6. The van der Waals surface area contributed by atoms with E-state index in [1.807, 2.05) is 35.6 Å². The Balaban J connectivity index is 1.39. The van der Waals surface area contributed by atoms with Crippen molar-refractivity contribution in [3.05, 3.63) is 70.4 Å². The molecular formula is C24H27N3O3S. The van der Waals surface area contributed by atoms with Crippen molar-refractivity contribution in [2.45, 2.75) is 45.6 Å². The van der Waals surface area contributed by atoms with Gasteiger partial charge in [-0.05, 0) is 68.0 Å². The number of hydrogen-bond donors (Lipinski definition) is 2. The summed E-state index contributed by atoms with van der Waals surface area (Å²) < 4.78 is 7.10. The number of benzene rings is 1. The van der Waals surface area contributed by atoms with Crippen molar-refractivity contribution in [3.8, 4) is 5.00 Å². The second-order valence-electron chi connectivity index (χ2n) is 7.57. The number of hydrogen-bond acceptors (Lipinski definition) is 4. The van der Waals surface area contributed by atoms with Crippen LogP contribution < -0.4 is 10.6 Å². The Morgan fingerprint density at radius 1 is 1.10 bits per heavy atom. The van der Waals surface area contributed by atoms with E-state index < -0.39 is 0 Å². The molecule has 1 aliphatic rings. The number of carbonyl (C=O) groups is 2. The van der Waals surface area contributed by atoms with Gasteiger partial charge in [0.05, 0.1) is 13.0 Å². The molecule has 7 heteroatoms. The van der Waals surface area contributed by atoms with Gasteiger partial charge in [0.1, 0.15) is 5.00 Å². The third-order valence-corrected chi connectivity index (χ3v) is 6.74. The van der Waals surface area contributed by atoms with E-state index in [4.69, 9.17) is 4.74 Å². The van der Waals surface area contributed by atoms with Crippen molar-refractivity contribution in [2.24, 2.45) is 0 Å².